The molecule has 2 amide bonds. The molecule has 2 atom stereocenters. The Morgan fingerprint density at radius 1 is 1.24 bits per heavy atom. The van der Waals surface area contributed by atoms with Gasteiger partial charge < -0.3 is 30.9 Å². The van der Waals surface area contributed by atoms with Gasteiger partial charge in [-0.2, -0.15) is 13.8 Å². The number of nitrogens with one attached hydrogen (secondary N) is 2. The normalized spacial score (nSPS) is 27.9. The van der Waals surface area contributed by atoms with Crippen molar-refractivity contribution < 1.29 is 23.1 Å². The molecule has 0 aromatic carbocycles. The lowest BCUT2D eigenvalue weighted by atomic mass is 9.73. The number of fused-ring (bicyclic) bond motifs is 1. The van der Waals surface area contributed by atoms with Crippen LogP contribution in [0.2, 0.25) is 0 Å². The van der Waals surface area contributed by atoms with E-state index >= 15 is 0 Å². The van der Waals surface area contributed by atoms with Gasteiger partial charge in [-0.05, 0) is 38.3 Å². The van der Waals surface area contributed by atoms with Crippen LogP contribution in [0.15, 0.2) is 29.6 Å². The molecule has 4 aliphatic rings. The number of primary amides is 1. The minimum Gasteiger partial charge on any atom is -0.371 e. The summed E-state index contributed by atoms with van der Waals surface area (Å²) in [5.41, 5.74) is 6.11. The van der Waals surface area contributed by atoms with Gasteiger partial charge in [0.2, 0.25) is 11.9 Å². The second kappa shape index (κ2) is 10.2. The Hall–Kier alpha value is -3.12. The number of nitrogens with two attached hydrogens (primary N) is 1. The van der Waals surface area contributed by atoms with Crippen LogP contribution in [-0.2, 0) is 14.3 Å². The first kappa shape index (κ1) is 26.5. The summed E-state index contributed by atoms with van der Waals surface area (Å²) in [6, 6.07) is -0.136. The SMILES string of the molecule is COC1([C@H]2CCCNC2)CC(C(N)=O)=CC=C1Nc1ncc2c(n1)N(C1CCCC1)CC(F)(F)C(=O)N2C. The fourth-order valence-corrected chi connectivity index (χ4v) is 6.27. The molecule has 2 aliphatic carbocycles. The van der Waals surface area contributed by atoms with Gasteiger partial charge in [0.15, 0.2) is 5.82 Å². The van der Waals surface area contributed by atoms with Gasteiger partial charge >= 0.3 is 5.92 Å². The van der Waals surface area contributed by atoms with Crippen molar-refractivity contribution in [1.29, 1.82) is 0 Å². The number of methoxy groups -OCH3 is 1. The largest absolute Gasteiger partial charge is 0.371 e. The first-order chi connectivity index (χ1) is 18.2. The number of carbonyl (C=O) groups excluding carboxylic acids is 2. The molecule has 3 heterocycles. The fourth-order valence-electron chi connectivity index (χ4n) is 6.27. The number of alkyl halides is 2. The minimum absolute atomic E-state index is 0.0429. The molecule has 0 bridgehead atoms. The van der Waals surface area contributed by atoms with Crippen LogP contribution in [0.4, 0.5) is 26.2 Å². The summed E-state index contributed by atoms with van der Waals surface area (Å²) in [6.07, 6.45) is 10.4. The third kappa shape index (κ3) is 4.64. The highest BCUT2D eigenvalue weighted by Gasteiger charge is 2.49. The van der Waals surface area contributed by atoms with E-state index < -0.39 is 29.9 Å². The van der Waals surface area contributed by atoms with Crippen molar-refractivity contribution >= 4 is 29.3 Å². The van der Waals surface area contributed by atoms with Crippen molar-refractivity contribution in [2.45, 2.75) is 62.5 Å². The van der Waals surface area contributed by atoms with Crippen LogP contribution in [0.1, 0.15) is 44.9 Å². The molecule has 38 heavy (non-hydrogen) atoms. The zero-order valence-electron chi connectivity index (χ0n) is 21.8. The molecule has 1 unspecified atom stereocenters. The number of halogens is 2. The van der Waals surface area contributed by atoms with E-state index in [1.54, 1.807) is 24.2 Å². The lowest BCUT2D eigenvalue weighted by Crippen LogP contribution is -2.52. The molecule has 5 rings (SSSR count). The Morgan fingerprint density at radius 2 is 2.00 bits per heavy atom. The van der Waals surface area contributed by atoms with Gasteiger partial charge in [-0.15, -0.1) is 0 Å². The summed E-state index contributed by atoms with van der Waals surface area (Å²) < 4.78 is 36.0. The molecule has 10 nitrogen and oxygen atoms in total. The van der Waals surface area contributed by atoms with Crippen LogP contribution in [0.5, 0.6) is 0 Å². The lowest BCUT2D eigenvalue weighted by Gasteiger charge is -2.45. The maximum absolute atomic E-state index is 14.9. The van der Waals surface area contributed by atoms with Crippen LogP contribution in [-0.4, -0.2) is 73.1 Å². The summed E-state index contributed by atoms with van der Waals surface area (Å²) in [4.78, 5) is 36.3. The van der Waals surface area contributed by atoms with Crippen LogP contribution in [0.25, 0.3) is 0 Å². The number of rotatable bonds is 6. The number of aromatic nitrogens is 2. The molecule has 12 heteroatoms. The molecule has 1 saturated heterocycles. The molecule has 0 spiro atoms. The molecular weight excluding hydrogens is 496 g/mol. The van der Waals surface area contributed by atoms with Gasteiger partial charge in [0.1, 0.15) is 11.3 Å². The molecule has 1 saturated carbocycles. The van der Waals surface area contributed by atoms with Gasteiger partial charge in [-0.3, -0.25) is 9.59 Å². The topological polar surface area (TPSA) is 126 Å². The summed E-state index contributed by atoms with van der Waals surface area (Å²) in [5.74, 6) is -4.79. The van der Waals surface area contributed by atoms with Crippen LogP contribution in [0.3, 0.4) is 0 Å². The van der Waals surface area contributed by atoms with Gasteiger partial charge in [0.05, 0.1) is 18.4 Å². The first-order valence-electron chi connectivity index (χ1n) is 13.2. The summed E-state index contributed by atoms with van der Waals surface area (Å²) in [5, 5.41) is 6.68. The Morgan fingerprint density at radius 3 is 2.66 bits per heavy atom. The molecule has 1 aromatic heterocycles. The van der Waals surface area contributed by atoms with E-state index in [0.29, 0.717) is 23.6 Å². The van der Waals surface area contributed by atoms with Crippen molar-refractivity contribution in [1.82, 2.24) is 15.3 Å². The Kier molecular flexibility index (Phi) is 7.12. The predicted molar refractivity (Wildman–Crippen MR) is 139 cm³/mol. The highest BCUT2D eigenvalue weighted by atomic mass is 19.3. The number of allylic oxidation sites excluding steroid dienone is 2. The Balaban J connectivity index is 1.54. The number of piperidine rings is 1. The Labute approximate surface area is 220 Å². The molecule has 2 fully saturated rings. The smallest absolute Gasteiger partial charge is 0.342 e. The standard InChI is InChI=1S/C26H35F2N7O3/c1-34-19-14-31-24(33-22(19)35(18-7-3-4-8-18)15-26(27,28)23(34)37)32-20-10-9-16(21(29)36)12-25(20,38-2)17-6-5-11-30-13-17/h9-10,14,17-18,30H,3-8,11-13,15H2,1-2H3,(H2,29,36)(H,31,32,33)/t17-,25?/m0/s1. The fraction of sp³-hybridized carbons (Fsp3) is 0.615. The number of hydrogen-bond acceptors (Lipinski definition) is 8. The molecular formula is C26H35F2N7O3. The number of carbonyl (C=O) groups is 2. The average Bonchev–Trinajstić information content (AvgIpc) is 3.44. The molecule has 1 aromatic rings. The van der Waals surface area contributed by atoms with E-state index in [9.17, 15) is 18.4 Å². The number of hydrogen-bond donors (Lipinski definition) is 3. The highest BCUT2D eigenvalue weighted by Crippen LogP contribution is 2.43. The van der Waals surface area contributed by atoms with E-state index in [2.05, 4.69) is 15.6 Å². The van der Waals surface area contributed by atoms with E-state index in [4.69, 9.17) is 15.5 Å². The summed E-state index contributed by atoms with van der Waals surface area (Å²) in [6.45, 7) is 0.873. The summed E-state index contributed by atoms with van der Waals surface area (Å²) >= 11 is 0. The first-order valence-corrected chi connectivity index (χ1v) is 13.2. The number of anilines is 3. The van der Waals surface area contributed by atoms with Crippen molar-refractivity contribution in [2.24, 2.45) is 11.7 Å². The highest BCUT2D eigenvalue weighted by molar-refractivity contribution is 6.02. The maximum Gasteiger partial charge on any atom is 0.342 e. The quantitative estimate of drug-likeness (QED) is 0.511. The van der Waals surface area contributed by atoms with Crippen LogP contribution >= 0.6 is 0 Å². The third-order valence-corrected chi connectivity index (χ3v) is 8.38. The zero-order valence-corrected chi connectivity index (χ0v) is 21.8. The zero-order chi connectivity index (χ0) is 27.1. The maximum atomic E-state index is 14.9. The molecule has 0 radical (unpaired) electrons. The predicted octanol–water partition coefficient (Wildman–Crippen LogP) is 2.33. The van der Waals surface area contributed by atoms with Crippen molar-refractivity contribution in [3.8, 4) is 0 Å². The van der Waals surface area contributed by atoms with Crippen LogP contribution in [0, 0.1) is 5.92 Å². The Bertz CT molecular complexity index is 1160. The van der Waals surface area contributed by atoms with E-state index in [1.807, 2.05) is 0 Å². The number of amides is 2. The number of ether oxygens (including phenoxy) is 1. The van der Waals surface area contributed by atoms with Gasteiger partial charge in [0, 0.05) is 44.7 Å². The average molecular weight is 532 g/mol. The second-order valence-corrected chi connectivity index (χ2v) is 10.6. The van der Waals surface area contributed by atoms with Crippen molar-refractivity contribution in [3.05, 3.63) is 29.6 Å². The van der Waals surface area contributed by atoms with Crippen molar-refractivity contribution in [2.75, 3.05) is 48.9 Å². The molecule has 206 valence electrons. The van der Waals surface area contributed by atoms with Gasteiger partial charge in [0.25, 0.3) is 5.91 Å². The minimum atomic E-state index is -3.55. The van der Waals surface area contributed by atoms with Gasteiger partial charge in [-0.25, -0.2) is 4.98 Å². The van der Waals surface area contributed by atoms with E-state index in [1.165, 1.54) is 13.2 Å². The second-order valence-electron chi connectivity index (χ2n) is 10.6. The van der Waals surface area contributed by atoms with E-state index in [0.717, 1.165) is 50.0 Å². The van der Waals surface area contributed by atoms with Crippen LogP contribution < -0.4 is 26.2 Å². The van der Waals surface area contributed by atoms with E-state index in [-0.39, 0.29) is 30.0 Å². The summed E-state index contributed by atoms with van der Waals surface area (Å²) in [7, 11) is 2.94. The third-order valence-electron chi connectivity index (χ3n) is 8.38. The van der Waals surface area contributed by atoms with Crippen molar-refractivity contribution in [3.63, 3.8) is 0 Å². The monoisotopic (exact) mass is 531 g/mol. The molecule has 4 N–H and O–H groups in total. The number of nitrogens with zero attached hydrogens (tertiary/aromatic N) is 4. The van der Waals surface area contributed by atoms with Gasteiger partial charge in [-0.1, -0.05) is 18.9 Å². The lowest BCUT2D eigenvalue weighted by molar-refractivity contribution is -0.140. The molecule has 2 aliphatic heterocycles.